The molecule has 4 nitrogen and oxygen atoms in total. The maximum atomic E-state index is 11.9. The van der Waals surface area contributed by atoms with E-state index in [9.17, 15) is 20.4 Å². The number of hydrogen-bond donors (Lipinski definition) is 4. The van der Waals surface area contributed by atoms with Crippen LogP contribution in [0.15, 0.2) is 24.3 Å². The lowest BCUT2D eigenvalue weighted by Crippen LogP contribution is -2.75. The standard InChI is InChI=1S/C29H46O4/c1-15(2)17-8-11-26(4)18(17)9-13-28(6)21(26)14-20(31)24-27(5)12-10-19(30)16(3)22(27)23(32)25(33)29(24,28)7/h17-25,30-33H,1,3,8-14H2,2,4-7H3/t17-,18-,19-,20+,21+,22+,23-,24+,25-,26-,27-,28+,29-/m0/s1. The molecular formula is C29H46O4. The molecule has 5 saturated carbocycles. The minimum Gasteiger partial charge on any atom is -0.393 e. The second-order valence-corrected chi connectivity index (χ2v) is 13.7. The summed E-state index contributed by atoms with van der Waals surface area (Å²) in [5.74, 6) is 0.893. The van der Waals surface area contributed by atoms with Crippen molar-refractivity contribution in [1.82, 2.24) is 0 Å². The van der Waals surface area contributed by atoms with E-state index in [0.29, 0.717) is 29.7 Å². The molecule has 0 radical (unpaired) electrons. The molecule has 0 spiro atoms. The van der Waals surface area contributed by atoms with E-state index in [0.717, 1.165) is 32.1 Å². The SMILES string of the molecule is C=C1[C@@H]2[C@H](O)[C@H](O)[C@]3(C)[C@H]([C@H](O)C[C@@H]4[C@@]5(C)CC[C@@H](C(=C)C)[C@@H]5CC[C@]43C)[C@@]2(C)CC[C@@H]1O. The van der Waals surface area contributed by atoms with Crippen molar-refractivity contribution in [3.05, 3.63) is 24.3 Å². The van der Waals surface area contributed by atoms with E-state index in [1.165, 1.54) is 12.0 Å². The van der Waals surface area contributed by atoms with Gasteiger partial charge in [-0.15, -0.1) is 0 Å². The largest absolute Gasteiger partial charge is 0.393 e. The lowest BCUT2D eigenvalue weighted by molar-refractivity contribution is -0.314. The smallest absolute Gasteiger partial charge is 0.0876 e. The van der Waals surface area contributed by atoms with Crippen LogP contribution in [0.3, 0.4) is 0 Å². The quantitative estimate of drug-likeness (QED) is 0.437. The molecule has 0 aliphatic heterocycles. The lowest BCUT2D eigenvalue weighted by atomic mass is 9.31. The Hall–Kier alpha value is -0.680. The van der Waals surface area contributed by atoms with Crippen molar-refractivity contribution < 1.29 is 20.4 Å². The van der Waals surface area contributed by atoms with Crippen LogP contribution in [0.2, 0.25) is 0 Å². The molecular weight excluding hydrogens is 412 g/mol. The molecule has 13 atom stereocenters. The molecule has 0 aromatic rings. The Labute approximate surface area is 200 Å². The summed E-state index contributed by atoms with van der Waals surface area (Å²) < 4.78 is 0. The number of aliphatic hydroxyl groups excluding tert-OH is 4. The molecule has 5 rings (SSSR count). The van der Waals surface area contributed by atoms with Crippen molar-refractivity contribution >= 4 is 0 Å². The summed E-state index contributed by atoms with van der Waals surface area (Å²) in [6.45, 7) is 19.8. The van der Waals surface area contributed by atoms with Crippen molar-refractivity contribution in [1.29, 1.82) is 0 Å². The first-order chi connectivity index (χ1) is 15.2. The number of allylic oxidation sites excluding steroid dienone is 1. The third kappa shape index (κ3) is 2.68. The molecule has 0 unspecified atom stereocenters. The topological polar surface area (TPSA) is 80.9 Å². The first-order valence-electron chi connectivity index (χ1n) is 13.3. The Bertz CT molecular complexity index is 868. The molecule has 0 heterocycles. The molecule has 0 aromatic heterocycles. The van der Waals surface area contributed by atoms with Crippen LogP contribution >= 0.6 is 0 Å². The van der Waals surface area contributed by atoms with Crippen LogP contribution in [0.5, 0.6) is 0 Å². The Morgan fingerprint density at radius 3 is 2.18 bits per heavy atom. The van der Waals surface area contributed by atoms with Crippen molar-refractivity contribution in [3.63, 3.8) is 0 Å². The fraction of sp³-hybridized carbons (Fsp3) is 0.862. The maximum absolute atomic E-state index is 11.9. The van der Waals surface area contributed by atoms with Crippen LogP contribution in [0, 0.1) is 51.2 Å². The molecule has 0 aromatic carbocycles. The third-order valence-corrected chi connectivity index (χ3v) is 12.7. The molecule has 5 fully saturated rings. The first-order valence-corrected chi connectivity index (χ1v) is 13.3. The van der Waals surface area contributed by atoms with E-state index in [1.807, 2.05) is 0 Å². The van der Waals surface area contributed by atoms with Gasteiger partial charge in [-0.05, 0) is 97.4 Å². The highest BCUT2D eigenvalue weighted by Crippen LogP contribution is 2.77. The van der Waals surface area contributed by atoms with Gasteiger partial charge in [0.2, 0.25) is 0 Å². The second-order valence-electron chi connectivity index (χ2n) is 13.7. The van der Waals surface area contributed by atoms with Crippen molar-refractivity contribution in [2.24, 2.45) is 51.2 Å². The van der Waals surface area contributed by atoms with E-state index in [1.54, 1.807) is 0 Å². The fourth-order valence-electron chi connectivity index (χ4n) is 11.1. The maximum Gasteiger partial charge on any atom is 0.0876 e. The van der Waals surface area contributed by atoms with Gasteiger partial charge in [0.25, 0.3) is 0 Å². The predicted molar refractivity (Wildman–Crippen MR) is 130 cm³/mol. The summed E-state index contributed by atoms with van der Waals surface area (Å²) in [5, 5.41) is 45.9. The van der Waals surface area contributed by atoms with Crippen LogP contribution in [-0.2, 0) is 0 Å². The number of rotatable bonds is 1. The molecule has 4 N–H and O–H groups in total. The minimum atomic E-state index is -0.973. The molecule has 5 aliphatic rings. The number of aliphatic hydroxyl groups is 4. The highest BCUT2D eigenvalue weighted by molar-refractivity contribution is 5.29. The Morgan fingerprint density at radius 1 is 0.909 bits per heavy atom. The Balaban J connectivity index is 1.63. The van der Waals surface area contributed by atoms with E-state index < -0.39 is 41.2 Å². The van der Waals surface area contributed by atoms with E-state index >= 15 is 0 Å². The van der Waals surface area contributed by atoms with Gasteiger partial charge in [0.15, 0.2) is 0 Å². The molecule has 0 saturated heterocycles. The van der Waals surface area contributed by atoms with Gasteiger partial charge in [-0.2, -0.15) is 0 Å². The van der Waals surface area contributed by atoms with Gasteiger partial charge >= 0.3 is 0 Å². The third-order valence-electron chi connectivity index (χ3n) is 12.7. The van der Waals surface area contributed by atoms with Gasteiger partial charge in [-0.1, -0.05) is 46.4 Å². The number of fused-ring (bicyclic) bond motifs is 7. The minimum absolute atomic E-state index is 0.111. The fourth-order valence-corrected chi connectivity index (χ4v) is 11.1. The molecule has 0 amide bonds. The van der Waals surface area contributed by atoms with Gasteiger partial charge in [0.05, 0.1) is 24.4 Å². The summed E-state index contributed by atoms with van der Waals surface area (Å²) in [4.78, 5) is 0. The van der Waals surface area contributed by atoms with Gasteiger partial charge in [0, 0.05) is 11.3 Å². The molecule has 186 valence electrons. The highest BCUT2D eigenvalue weighted by atomic mass is 16.3. The zero-order valence-corrected chi connectivity index (χ0v) is 21.3. The summed E-state index contributed by atoms with van der Waals surface area (Å²) in [5.41, 5.74) is 0.837. The van der Waals surface area contributed by atoms with E-state index in [-0.39, 0.29) is 16.7 Å². The zero-order chi connectivity index (χ0) is 24.3. The van der Waals surface area contributed by atoms with Gasteiger partial charge in [-0.3, -0.25) is 0 Å². The van der Waals surface area contributed by atoms with Crippen LogP contribution in [0.25, 0.3) is 0 Å². The molecule has 0 bridgehead atoms. The molecule has 4 heteroatoms. The van der Waals surface area contributed by atoms with Gasteiger partial charge in [-0.25, -0.2) is 0 Å². The van der Waals surface area contributed by atoms with Crippen molar-refractivity contribution in [2.75, 3.05) is 0 Å². The second kappa shape index (κ2) is 7.18. The van der Waals surface area contributed by atoms with Crippen molar-refractivity contribution in [2.45, 2.75) is 104 Å². The van der Waals surface area contributed by atoms with Crippen LogP contribution < -0.4 is 0 Å². The van der Waals surface area contributed by atoms with Gasteiger partial charge in [0.1, 0.15) is 0 Å². The van der Waals surface area contributed by atoms with Gasteiger partial charge < -0.3 is 20.4 Å². The number of hydrogen-bond acceptors (Lipinski definition) is 4. The van der Waals surface area contributed by atoms with E-state index in [2.05, 4.69) is 47.8 Å². The van der Waals surface area contributed by atoms with E-state index in [4.69, 9.17) is 0 Å². The Kier molecular flexibility index (Phi) is 5.23. The van der Waals surface area contributed by atoms with Crippen LogP contribution in [0.1, 0.15) is 79.6 Å². The lowest BCUT2D eigenvalue weighted by Gasteiger charge is -2.74. The molecule has 33 heavy (non-hydrogen) atoms. The average Bonchev–Trinajstić information content (AvgIpc) is 3.09. The Morgan fingerprint density at radius 2 is 1.55 bits per heavy atom. The highest BCUT2D eigenvalue weighted by Gasteiger charge is 2.75. The average molecular weight is 459 g/mol. The summed E-state index contributed by atoms with van der Waals surface area (Å²) in [6.07, 6.45) is 3.42. The van der Waals surface area contributed by atoms with Crippen molar-refractivity contribution in [3.8, 4) is 0 Å². The summed E-state index contributed by atoms with van der Waals surface area (Å²) in [6, 6.07) is 0. The predicted octanol–water partition coefficient (Wildman–Crippen LogP) is 4.47. The summed E-state index contributed by atoms with van der Waals surface area (Å²) in [7, 11) is 0. The molecule has 5 aliphatic carbocycles. The normalized spacial score (nSPS) is 60.4. The van der Waals surface area contributed by atoms with Crippen LogP contribution in [0.4, 0.5) is 0 Å². The first kappa shape index (κ1) is 24.0. The summed E-state index contributed by atoms with van der Waals surface area (Å²) >= 11 is 0. The monoisotopic (exact) mass is 458 g/mol. The zero-order valence-electron chi connectivity index (χ0n) is 21.3. The van der Waals surface area contributed by atoms with Crippen LogP contribution in [-0.4, -0.2) is 44.8 Å².